The lowest BCUT2D eigenvalue weighted by Gasteiger charge is -2.21. The van der Waals surface area contributed by atoms with Gasteiger partial charge >= 0.3 is 5.97 Å². The first-order chi connectivity index (χ1) is 10.3. The molecule has 22 heavy (non-hydrogen) atoms. The average molecular weight is 309 g/mol. The molecule has 0 saturated carbocycles. The highest BCUT2D eigenvalue weighted by Crippen LogP contribution is 2.23. The van der Waals surface area contributed by atoms with Crippen LogP contribution in [0.15, 0.2) is 18.3 Å². The lowest BCUT2D eigenvalue weighted by atomic mass is 9.89. The number of rotatable bonds is 5. The van der Waals surface area contributed by atoms with Gasteiger partial charge in [0.2, 0.25) is 5.91 Å². The van der Waals surface area contributed by atoms with Crippen molar-refractivity contribution in [3.05, 3.63) is 24.1 Å². The maximum Gasteiger partial charge on any atom is 0.309 e. The van der Waals surface area contributed by atoms with Crippen LogP contribution in [0.4, 0.5) is 10.2 Å². The standard InChI is InChI=1S/C15H20FN3O3/c1-15(2,14(21)22)8-12(20)18-10-5-7-19(9-10)13-11(16)4-3-6-17-13/h3-4,6,10H,5,7-9H2,1-2H3,(H,18,20)(H,21,22)/t10-/m0/s1. The van der Waals surface area contributed by atoms with Crippen LogP contribution in [-0.2, 0) is 9.59 Å². The van der Waals surface area contributed by atoms with Crippen molar-refractivity contribution in [2.24, 2.45) is 5.41 Å². The molecule has 6 nitrogen and oxygen atoms in total. The second-order valence-electron chi connectivity index (χ2n) is 6.17. The molecular weight excluding hydrogens is 289 g/mol. The second kappa shape index (κ2) is 6.29. The van der Waals surface area contributed by atoms with Crippen LogP contribution in [0.1, 0.15) is 26.7 Å². The monoisotopic (exact) mass is 309 g/mol. The lowest BCUT2D eigenvalue weighted by molar-refractivity contribution is -0.149. The molecule has 0 spiro atoms. The number of aliphatic carboxylic acids is 1. The Morgan fingerprint density at radius 2 is 2.27 bits per heavy atom. The SMILES string of the molecule is CC(C)(CC(=O)N[C@H]1CCN(c2ncccc2F)C1)C(=O)O. The Hall–Kier alpha value is -2.18. The predicted molar refractivity (Wildman–Crippen MR) is 79.0 cm³/mol. The normalized spacial score (nSPS) is 18.3. The van der Waals surface area contributed by atoms with Crippen molar-refractivity contribution in [1.82, 2.24) is 10.3 Å². The van der Waals surface area contributed by atoms with Gasteiger partial charge in [-0.25, -0.2) is 9.37 Å². The maximum absolute atomic E-state index is 13.7. The van der Waals surface area contributed by atoms with E-state index in [0.717, 1.165) is 0 Å². The molecule has 120 valence electrons. The minimum atomic E-state index is -1.10. The Bertz CT molecular complexity index is 577. The van der Waals surface area contributed by atoms with E-state index in [4.69, 9.17) is 5.11 Å². The molecule has 1 aromatic heterocycles. The third-order valence-corrected chi connectivity index (χ3v) is 3.77. The summed E-state index contributed by atoms with van der Waals surface area (Å²) >= 11 is 0. The Kier molecular flexibility index (Phi) is 4.63. The highest BCUT2D eigenvalue weighted by molar-refractivity contribution is 5.84. The van der Waals surface area contributed by atoms with Crippen LogP contribution in [0.25, 0.3) is 0 Å². The molecule has 1 atom stereocenters. The van der Waals surface area contributed by atoms with Gasteiger partial charge in [0.15, 0.2) is 11.6 Å². The van der Waals surface area contributed by atoms with E-state index >= 15 is 0 Å². The van der Waals surface area contributed by atoms with Crippen molar-refractivity contribution in [3.63, 3.8) is 0 Å². The first-order valence-corrected chi connectivity index (χ1v) is 7.18. The summed E-state index contributed by atoms with van der Waals surface area (Å²) in [5.41, 5.74) is -1.10. The minimum absolute atomic E-state index is 0.0865. The number of halogens is 1. The van der Waals surface area contributed by atoms with Crippen LogP contribution in [0.2, 0.25) is 0 Å². The van der Waals surface area contributed by atoms with Crippen molar-refractivity contribution in [1.29, 1.82) is 0 Å². The molecule has 2 N–H and O–H groups in total. The molecule has 0 aliphatic carbocycles. The number of nitrogens with one attached hydrogen (secondary N) is 1. The molecule has 1 amide bonds. The van der Waals surface area contributed by atoms with Crippen LogP contribution >= 0.6 is 0 Å². The first-order valence-electron chi connectivity index (χ1n) is 7.18. The van der Waals surface area contributed by atoms with Gasteiger partial charge in [-0.3, -0.25) is 9.59 Å². The molecule has 1 saturated heterocycles. The predicted octanol–water partition coefficient (Wildman–Crippen LogP) is 1.42. The van der Waals surface area contributed by atoms with Crippen LogP contribution in [-0.4, -0.2) is 41.1 Å². The van der Waals surface area contributed by atoms with Crippen LogP contribution in [0, 0.1) is 11.2 Å². The first kappa shape index (κ1) is 16.2. The van der Waals surface area contributed by atoms with E-state index in [1.165, 1.54) is 32.2 Å². The molecule has 0 unspecified atom stereocenters. The van der Waals surface area contributed by atoms with Gasteiger partial charge in [0, 0.05) is 31.7 Å². The fraction of sp³-hybridized carbons (Fsp3) is 0.533. The molecule has 2 heterocycles. The minimum Gasteiger partial charge on any atom is -0.481 e. The summed E-state index contributed by atoms with van der Waals surface area (Å²) in [6.07, 6.45) is 2.12. The number of aromatic nitrogens is 1. The molecule has 1 aliphatic heterocycles. The quantitative estimate of drug-likeness (QED) is 0.859. The van der Waals surface area contributed by atoms with Crippen LogP contribution in [0.3, 0.4) is 0 Å². The summed E-state index contributed by atoms with van der Waals surface area (Å²) in [6, 6.07) is 2.75. The number of carbonyl (C=O) groups excluding carboxylic acids is 1. The Morgan fingerprint density at radius 3 is 2.91 bits per heavy atom. The summed E-state index contributed by atoms with van der Waals surface area (Å²) in [4.78, 5) is 28.8. The Labute approximate surface area is 128 Å². The molecule has 0 radical (unpaired) electrons. The highest BCUT2D eigenvalue weighted by Gasteiger charge is 2.32. The van der Waals surface area contributed by atoms with Gasteiger partial charge in [0.05, 0.1) is 5.41 Å². The zero-order valence-corrected chi connectivity index (χ0v) is 12.7. The third kappa shape index (κ3) is 3.72. The topological polar surface area (TPSA) is 82.5 Å². The maximum atomic E-state index is 13.7. The number of carboxylic acids is 1. The summed E-state index contributed by atoms with van der Waals surface area (Å²) in [5, 5.41) is 11.8. The van der Waals surface area contributed by atoms with E-state index in [-0.39, 0.29) is 30.0 Å². The summed E-state index contributed by atoms with van der Waals surface area (Å²) in [6.45, 7) is 4.09. The van der Waals surface area contributed by atoms with Gasteiger partial charge in [-0.2, -0.15) is 0 Å². The summed E-state index contributed by atoms with van der Waals surface area (Å²) in [5.74, 6) is -1.42. The second-order valence-corrected chi connectivity index (χ2v) is 6.17. The molecule has 1 aromatic rings. The molecule has 2 rings (SSSR count). The number of hydrogen-bond acceptors (Lipinski definition) is 4. The number of hydrogen-bond donors (Lipinski definition) is 2. The molecule has 0 bridgehead atoms. The zero-order chi connectivity index (χ0) is 16.3. The molecule has 1 fully saturated rings. The van der Waals surface area contributed by atoms with Gasteiger partial charge < -0.3 is 15.3 Å². The van der Waals surface area contributed by atoms with E-state index in [0.29, 0.717) is 19.5 Å². The van der Waals surface area contributed by atoms with Gasteiger partial charge in [-0.15, -0.1) is 0 Å². The van der Waals surface area contributed by atoms with Gasteiger partial charge in [-0.1, -0.05) is 0 Å². The summed E-state index contributed by atoms with van der Waals surface area (Å²) < 4.78 is 13.7. The van der Waals surface area contributed by atoms with Crippen molar-refractivity contribution >= 4 is 17.7 Å². The van der Waals surface area contributed by atoms with E-state index in [2.05, 4.69) is 10.3 Å². The van der Waals surface area contributed by atoms with E-state index < -0.39 is 11.4 Å². The summed E-state index contributed by atoms with van der Waals surface area (Å²) in [7, 11) is 0. The van der Waals surface area contributed by atoms with Gasteiger partial charge in [0.1, 0.15) is 0 Å². The van der Waals surface area contributed by atoms with Crippen LogP contribution < -0.4 is 10.2 Å². The van der Waals surface area contributed by atoms with Crippen molar-refractivity contribution < 1.29 is 19.1 Å². The van der Waals surface area contributed by atoms with Crippen molar-refractivity contribution in [3.8, 4) is 0 Å². The fourth-order valence-corrected chi connectivity index (χ4v) is 2.44. The zero-order valence-electron chi connectivity index (χ0n) is 12.7. The number of amides is 1. The Morgan fingerprint density at radius 1 is 1.55 bits per heavy atom. The number of carboxylic acid groups (broad SMARTS) is 1. The Balaban J connectivity index is 1.90. The average Bonchev–Trinajstić information content (AvgIpc) is 2.86. The fourth-order valence-electron chi connectivity index (χ4n) is 2.44. The van der Waals surface area contributed by atoms with E-state index in [1.807, 2.05) is 0 Å². The molecular formula is C15H20FN3O3. The molecule has 1 aliphatic rings. The van der Waals surface area contributed by atoms with E-state index in [9.17, 15) is 14.0 Å². The van der Waals surface area contributed by atoms with Crippen LogP contribution in [0.5, 0.6) is 0 Å². The third-order valence-electron chi connectivity index (χ3n) is 3.77. The largest absolute Gasteiger partial charge is 0.481 e. The van der Waals surface area contributed by atoms with E-state index in [1.54, 1.807) is 4.90 Å². The smallest absolute Gasteiger partial charge is 0.309 e. The van der Waals surface area contributed by atoms with Crippen molar-refractivity contribution in [2.45, 2.75) is 32.7 Å². The number of carbonyl (C=O) groups is 2. The molecule has 7 heteroatoms. The van der Waals surface area contributed by atoms with Gasteiger partial charge in [-0.05, 0) is 32.4 Å². The molecule has 0 aromatic carbocycles. The number of anilines is 1. The van der Waals surface area contributed by atoms with Gasteiger partial charge in [0.25, 0.3) is 0 Å². The van der Waals surface area contributed by atoms with Crippen molar-refractivity contribution in [2.75, 3.05) is 18.0 Å². The lowest BCUT2D eigenvalue weighted by Crippen LogP contribution is -2.40. The number of nitrogens with zero attached hydrogens (tertiary/aromatic N) is 2. The number of pyridine rings is 1. The highest BCUT2D eigenvalue weighted by atomic mass is 19.1.